The van der Waals surface area contributed by atoms with E-state index in [9.17, 15) is 4.79 Å². The van der Waals surface area contributed by atoms with Gasteiger partial charge in [-0.05, 0) is 59.7 Å². The number of carbonyl (C=O) groups excluding carboxylic acids is 1. The Morgan fingerprint density at radius 2 is 1.88 bits per heavy atom. The second-order valence-electron chi connectivity index (χ2n) is 6.21. The van der Waals surface area contributed by atoms with Crippen LogP contribution in [0.15, 0.2) is 54.6 Å². The van der Waals surface area contributed by atoms with Crippen molar-refractivity contribution in [3.8, 4) is 0 Å². The van der Waals surface area contributed by atoms with E-state index < -0.39 is 0 Å². The number of carbonyl (C=O) groups is 1. The predicted molar refractivity (Wildman–Crippen MR) is 113 cm³/mol. The second kappa shape index (κ2) is 8.68. The van der Waals surface area contributed by atoms with Crippen LogP contribution in [-0.4, -0.2) is 35.6 Å². The van der Waals surface area contributed by atoms with Crippen molar-refractivity contribution in [2.24, 2.45) is 0 Å². The van der Waals surface area contributed by atoms with Crippen molar-refractivity contribution < 1.29 is 9.53 Å². The minimum Gasteiger partial charge on any atom is -0.361 e. The summed E-state index contributed by atoms with van der Waals surface area (Å²) in [4.78, 5) is 14.8. The summed E-state index contributed by atoms with van der Waals surface area (Å²) in [5, 5.41) is 1.06. The number of hydrogen-bond acceptors (Lipinski definition) is 2. The van der Waals surface area contributed by atoms with Crippen LogP contribution in [0.5, 0.6) is 0 Å². The van der Waals surface area contributed by atoms with Gasteiger partial charge in [-0.25, -0.2) is 0 Å². The first kappa shape index (κ1) is 18.9. The smallest absolute Gasteiger partial charge is 0.270 e. The van der Waals surface area contributed by atoms with Gasteiger partial charge in [0.25, 0.3) is 5.91 Å². The monoisotopic (exact) mass is 462 g/mol. The van der Waals surface area contributed by atoms with Gasteiger partial charge in [0.1, 0.15) is 12.4 Å². The fraction of sp³-hybridized carbons (Fsp3) is 0.286. The third-order valence-electron chi connectivity index (χ3n) is 4.48. The highest BCUT2D eigenvalue weighted by Gasteiger charge is 2.19. The van der Waals surface area contributed by atoms with Crippen LogP contribution in [0.25, 0.3) is 10.9 Å². The van der Waals surface area contributed by atoms with Crippen LogP contribution in [0.3, 0.4) is 0 Å². The zero-order chi connectivity index (χ0) is 18.5. The minimum absolute atomic E-state index is 0.0202. The minimum atomic E-state index is 0.0202. The highest BCUT2D eigenvalue weighted by molar-refractivity contribution is 14.1. The zero-order valence-electron chi connectivity index (χ0n) is 15.1. The number of hydrogen-bond donors (Lipinski definition) is 0. The Bertz CT molecular complexity index is 904. The molecular weight excluding hydrogens is 439 g/mol. The molecule has 0 bridgehead atoms. The summed E-state index contributed by atoms with van der Waals surface area (Å²) in [5.74, 6) is 0.0202. The number of para-hydroxylation sites is 1. The molecule has 0 aliphatic carbocycles. The fourth-order valence-electron chi connectivity index (χ4n) is 3.00. The van der Waals surface area contributed by atoms with E-state index in [0.717, 1.165) is 17.3 Å². The maximum absolute atomic E-state index is 13.1. The summed E-state index contributed by atoms with van der Waals surface area (Å²) >= 11 is 2.34. The summed E-state index contributed by atoms with van der Waals surface area (Å²) in [7, 11) is 1.86. The Hall–Kier alpha value is -1.86. The molecule has 0 aliphatic heterocycles. The van der Waals surface area contributed by atoms with Gasteiger partial charge in [0, 0.05) is 29.2 Å². The predicted octanol–water partition coefficient (Wildman–Crippen LogP) is 4.55. The molecule has 0 aliphatic rings. The van der Waals surface area contributed by atoms with Crippen molar-refractivity contribution in [2.75, 3.05) is 20.2 Å². The van der Waals surface area contributed by atoms with E-state index in [4.69, 9.17) is 4.74 Å². The van der Waals surface area contributed by atoms with Gasteiger partial charge in [0.05, 0.1) is 5.52 Å². The number of amides is 1. The van der Waals surface area contributed by atoms with Crippen LogP contribution in [0.2, 0.25) is 0 Å². The molecule has 0 saturated carbocycles. The van der Waals surface area contributed by atoms with E-state index in [1.807, 2.05) is 61.0 Å². The quantitative estimate of drug-likeness (QED) is 0.483. The van der Waals surface area contributed by atoms with Gasteiger partial charge < -0.3 is 14.2 Å². The molecule has 0 unspecified atom stereocenters. The van der Waals surface area contributed by atoms with Gasteiger partial charge in [0.15, 0.2) is 0 Å². The Labute approximate surface area is 167 Å². The lowest BCUT2D eigenvalue weighted by molar-refractivity contribution is 0.0715. The topological polar surface area (TPSA) is 34.5 Å². The molecule has 5 heteroatoms. The van der Waals surface area contributed by atoms with Crippen molar-refractivity contribution in [2.45, 2.75) is 20.1 Å². The van der Waals surface area contributed by atoms with Crippen LogP contribution in [0, 0.1) is 3.57 Å². The lowest BCUT2D eigenvalue weighted by Crippen LogP contribution is -2.31. The van der Waals surface area contributed by atoms with E-state index in [0.29, 0.717) is 25.6 Å². The summed E-state index contributed by atoms with van der Waals surface area (Å²) in [6, 6.07) is 18.3. The van der Waals surface area contributed by atoms with Crippen LogP contribution in [0.4, 0.5) is 0 Å². The van der Waals surface area contributed by atoms with Crippen molar-refractivity contribution in [3.63, 3.8) is 0 Å². The number of likely N-dealkylation sites (N-methyl/N-ethyl adjacent to an activating group) is 1. The van der Waals surface area contributed by atoms with Crippen molar-refractivity contribution >= 4 is 39.4 Å². The Morgan fingerprint density at radius 1 is 1.15 bits per heavy atom. The average Bonchev–Trinajstić information content (AvgIpc) is 3.03. The highest BCUT2D eigenvalue weighted by atomic mass is 127. The summed E-state index contributed by atoms with van der Waals surface area (Å²) < 4.78 is 8.79. The van der Waals surface area contributed by atoms with E-state index in [1.54, 1.807) is 4.90 Å². The lowest BCUT2D eigenvalue weighted by atomic mass is 10.1. The molecule has 1 amide bonds. The van der Waals surface area contributed by atoms with Gasteiger partial charge >= 0.3 is 0 Å². The number of rotatable bonds is 7. The molecule has 0 spiro atoms. The first-order valence-electron chi connectivity index (χ1n) is 8.76. The van der Waals surface area contributed by atoms with Gasteiger partial charge in [-0.3, -0.25) is 4.79 Å². The van der Waals surface area contributed by atoms with Crippen LogP contribution >= 0.6 is 22.6 Å². The SMILES string of the molecule is CCOCn1c(C(=O)N(C)CCc2ccccc2I)cc2ccccc21. The maximum atomic E-state index is 13.1. The number of ether oxygens (including phenoxy) is 1. The number of nitrogens with zero attached hydrogens (tertiary/aromatic N) is 2. The first-order chi connectivity index (χ1) is 12.6. The number of aromatic nitrogens is 1. The Balaban J connectivity index is 1.81. The molecule has 0 fully saturated rings. The van der Waals surface area contributed by atoms with Gasteiger partial charge in [-0.2, -0.15) is 0 Å². The summed E-state index contributed by atoms with van der Waals surface area (Å²) in [6.45, 7) is 3.63. The molecule has 3 aromatic rings. The molecule has 1 heterocycles. The molecule has 4 nitrogen and oxygen atoms in total. The van der Waals surface area contributed by atoms with E-state index in [-0.39, 0.29) is 5.91 Å². The standard InChI is InChI=1S/C21H23IN2O2/c1-3-26-15-24-19-11-7-5-9-17(19)14-20(24)21(25)23(2)13-12-16-8-4-6-10-18(16)22/h4-11,14H,3,12-13,15H2,1-2H3. The van der Waals surface area contributed by atoms with E-state index in [1.165, 1.54) is 9.13 Å². The lowest BCUT2D eigenvalue weighted by Gasteiger charge is -2.19. The molecule has 0 atom stereocenters. The second-order valence-corrected chi connectivity index (χ2v) is 7.37. The highest BCUT2D eigenvalue weighted by Crippen LogP contribution is 2.21. The Kier molecular flexibility index (Phi) is 6.32. The van der Waals surface area contributed by atoms with E-state index >= 15 is 0 Å². The molecule has 2 aromatic carbocycles. The van der Waals surface area contributed by atoms with E-state index in [2.05, 4.69) is 34.7 Å². The normalized spacial score (nSPS) is 11.0. The van der Waals surface area contributed by atoms with Crippen LogP contribution < -0.4 is 0 Å². The Morgan fingerprint density at radius 3 is 2.65 bits per heavy atom. The summed E-state index contributed by atoms with van der Waals surface area (Å²) in [5.41, 5.74) is 2.96. The largest absolute Gasteiger partial charge is 0.361 e. The third kappa shape index (κ3) is 4.10. The van der Waals surface area contributed by atoms with Crippen LogP contribution in [-0.2, 0) is 17.9 Å². The molecule has 0 saturated heterocycles. The fourth-order valence-corrected chi connectivity index (χ4v) is 3.65. The number of benzene rings is 2. The molecule has 26 heavy (non-hydrogen) atoms. The van der Waals surface area contributed by atoms with Gasteiger partial charge in [-0.15, -0.1) is 0 Å². The number of fused-ring (bicyclic) bond motifs is 1. The van der Waals surface area contributed by atoms with Crippen molar-refractivity contribution in [1.82, 2.24) is 9.47 Å². The van der Waals surface area contributed by atoms with Gasteiger partial charge in [-0.1, -0.05) is 36.4 Å². The van der Waals surface area contributed by atoms with Crippen molar-refractivity contribution in [1.29, 1.82) is 0 Å². The number of halogens is 1. The average molecular weight is 462 g/mol. The maximum Gasteiger partial charge on any atom is 0.270 e. The zero-order valence-corrected chi connectivity index (χ0v) is 17.3. The van der Waals surface area contributed by atoms with Gasteiger partial charge in [0.2, 0.25) is 0 Å². The molecular formula is C21H23IN2O2. The molecule has 0 N–H and O–H groups in total. The molecule has 136 valence electrons. The first-order valence-corrected chi connectivity index (χ1v) is 9.84. The molecule has 1 aromatic heterocycles. The van der Waals surface area contributed by atoms with Crippen LogP contribution in [0.1, 0.15) is 23.0 Å². The molecule has 0 radical (unpaired) electrons. The van der Waals surface area contributed by atoms with Crippen molar-refractivity contribution in [3.05, 3.63) is 69.4 Å². The summed E-state index contributed by atoms with van der Waals surface area (Å²) in [6.07, 6.45) is 0.840. The molecule has 3 rings (SSSR count). The third-order valence-corrected chi connectivity index (χ3v) is 5.53.